The van der Waals surface area contributed by atoms with Crippen LogP contribution in [0.5, 0.6) is 0 Å². The molecule has 0 unspecified atom stereocenters. The summed E-state index contributed by atoms with van der Waals surface area (Å²) in [5, 5.41) is 0. The lowest BCUT2D eigenvalue weighted by Crippen LogP contribution is -2.39. The Hall–Kier alpha value is -3.17. The number of amides is 1. The van der Waals surface area contributed by atoms with E-state index in [0.29, 0.717) is 33.9 Å². The smallest absolute Gasteiger partial charge is 0.367 e. The van der Waals surface area contributed by atoms with Gasteiger partial charge in [0.05, 0.1) is 17.1 Å². The Bertz CT molecular complexity index is 1180. The molecule has 0 radical (unpaired) electrons. The largest absolute Gasteiger partial charge is 0.416 e. The summed E-state index contributed by atoms with van der Waals surface area (Å²) in [4.78, 5) is 14.9. The van der Waals surface area contributed by atoms with Crippen molar-refractivity contribution in [2.45, 2.75) is 12.3 Å². The van der Waals surface area contributed by atoms with Crippen LogP contribution in [0.4, 0.5) is 22.0 Å². The molecular formula is C27H22F5NO2S. The molecule has 1 aliphatic heterocycles. The lowest BCUT2D eigenvalue weighted by Gasteiger charge is -2.29. The summed E-state index contributed by atoms with van der Waals surface area (Å²) in [5.74, 6) is -0.482. The average molecular weight is 520 g/mol. The van der Waals surface area contributed by atoms with Crippen LogP contribution < -0.4 is 0 Å². The van der Waals surface area contributed by atoms with E-state index in [9.17, 15) is 26.7 Å². The summed E-state index contributed by atoms with van der Waals surface area (Å²) in [6.45, 7) is 0.857. The molecule has 0 bridgehead atoms. The van der Waals surface area contributed by atoms with Crippen molar-refractivity contribution in [2.24, 2.45) is 0 Å². The molecule has 3 nitrogen and oxygen atoms in total. The highest BCUT2D eigenvalue weighted by Gasteiger charge is 2.30. The summed E-state index contributed by atoms with van der Waals surface area (Å²) in [6, 6.07) is 16.4. The second kappa shape index (κ2) is 11.3. The minimum atomic E-state index is -4.47. The van der Waals surface area contributed by atoms with Crippen LogP contribution in [0.2, 0.25) is 0 Å². The van der Waals surface area contributed by atoms with Crippen molar-refractivity contribution in [3.05, 3.63) is 112 Å². The van der Waals surface area contributed by atoms with Crippen molar-refractivity contribution in [1.29, 1.82) is 0 Å². The summed E-state index contributed by atoms with van der Waals surface area (Å²) >= 11 is 1.30. The third kappa shape index (κ3) is 6.53. The lowest BCUT2D eigenvalue weighted by molar-refractivity contribution is -0.137. The van der Waals surface area contributed by atoms with Gasteiger partial charge in [-0.2, -0.15) is 13.2 Å². The Balaban J connectivity index is 1.45. The van der Waals surface area contributed by atoms with Crippen LogP contribution in [0, 0.1) is 11.6 Å². The number of alkyl halides is 3. The Morgan fingerprint density at radius 2 is 1.56 bits per heavy atom. The van der Waals surface area contributed by atoms with Crippen LogP contribution in [0.3, 0.4) is 0 Å². The molecule has 0 N–H and O–H groups in total. The predicted octanol–water partition coefficient (Wildman–Crippen LogP) is 6.71. The zero-order valence-corrected chi connectivity index (χ0v) is 19.8. The number of nitrogens with zero attached hydrogens (tertiary/aromatic N) is 1. The number of carbonyl (C=O) groups is 1. The molecular weight excluding hydrogens is 497 g/mol. The molecule has 0 saturated carbocycles. The van der Waals surface area contributed by atoms with Gasteiger partial charge in [-0.15, -0.1) is 11.8 Å². The van der Waals surface area contributed by atoms with Gasteiger partial charge in [0.25, 0.3) is 5.91 Å². The van der Waals surface area contributed by atoms with Gasteiger partial charge in [0.1, 0.15) is 17.7 Å². The van der Waals surface area contributed by atoms with Crippen molar-refractivity contribution < 1.29 is 31.5 Å². The molecule has 1 fully saturated rings. The van der Waals surface area contributed by atoms with E-state index in [-0.39, 0.29) is 19.1 Å². The maximum atomic E-state index is 13.4. The van der Waals surface area contributed by atoms with Gasteiger partial charge < -0.3 is 9.64 Å². The number of benzene rings is 3. The number of ether oxygens (including phenoxy) is 1. The van der Waals surface area contributed by atoms with Crippen LogP contribution in [-0.2, 0) is 15.7 Å². The van der Waals surface area contributed by atoms with Crippen molar-refractivity contribution in [2.75, 3.05) is 25.4 Å². The van der Waals surface area contributed by atoms with Gasteiger partial charge in [-0.25, -0.2) is 8.78 Å². The normalized spacial score (nSPS) is 15.7. The van der Waals surface area contributed by atoms with E-state index in [1.165, 1.54) is 54.2 Å². The molecule has 36 heavy (non-hydrogen) atoms. The molecule has 1 heterocycles. The third-order valence-electron chi connectivity index (χ3n) is 5.62. The summed E-state index contributed by atoms with van der Waals surface area (Å²) in [6.07, 6.45) is -3.59. The van der Waals surface area contributed by atoms with E-state index >= 15 is 0 Å². The molecule has 1 aliphatic rings. The third-order valence-corrected chi connectivity index (χ3v) is 6.61. The molecule has 3 aromatic rings. The first-order valence-electron chi connectivity index (χ1n) is 11.1. The SMILES string of the molecule is O=C1C(=Cc2cccc(C(F)(F)F)c2)SCCN1CCOC(c1ccc(F)cc1)c1ccc(F)cc1. The predicted molar refractivity (Wildman–Crippen MR) is 129 cm³/mol. The fourth-order valence-electron chi connectivity index (χ4n) is 3.80. The van der Waals surface area contributed by atoms with Gasteiger partial charge in [-0.1, -0.05) is 36.4 Å². The van der Waals surface area contributed by atoms with E-state index in [4.69, 9.17) is 4.74 Å². The number of thioether (sulfide) groups is 1. The molecule has 1 saturated heterocycles. The van der Waals surface area contributed by atoms with Gasteiger partial charge >= 0.3 is 6.18 Å². The van der Waals surface area contributed by atoms with Crippen molar-refractivity contribution in [1.82, 2.24) is 4.90 Å². The Morgan fingerprint density at radius 1 is 0.944 bits per heavy atom. The van der Waals surface area contributed by atoms with E-state index in [1.54, 1.807) is 29.2 Å². The first-order chi connectivity index (χ1) is 17.2. The van der Waals surface area contributed by atoms with Gasteiger partial charge in [-0.05, 0) is 59.2 Å². The second-order valence-corrected chi connectivity index (χ2v) is 9.26. The Labute approximate surface area is 209 Å². The molecule has 3 aromatic carbocycles. The minimum Gasteiger partial charge on any atom is -0.367 e. The first kappa shape index (κ1) is 25.9. The van der Waals surface area contributed by atoms with Crippen LogP contribution in [0.15, 0.2) is 77.7 Å². The highest BCUT2D eigenvalue weighted by molar-refractivity contribution is 8.04. The minimum absolute atomic E-state index is 0.146. The molecule has 0 aromatic heterocycles. The quantitative estimate of drug-likeness (QED) is 0.257. The fraction of sp³-hybridized carbons (Fsp3) is 0.222. The van der Waals surface area contributed by atoms with E-state index in [2.05, 4.69) is 0 Å². The van der Waals surface area contributed by atoms with Gasteiger partial charge in [0, 0.05) is 18.8 Å². The Kier molecular flexibility index (Phi) is 8.11. The molecule has 9 heteroatoms. The number of hydrogen-bond acceptors (Lipinski definition) is 3. The maximum Gasteiger partial charge on any atom is 0.416 e. The van der Waals surface area contributed by atoms with Gasteiger partial charge in [0.15, 0.2) is 0 Å². The lowest BCUT2D eigenvalue weighted by atomic mass is 10.0. The van der Waals surface area contributed by atoms with Crippen molar-refractivity contribution in [3.63, 3.8) is 0 Å². The number of rotatable bonds is 7. The molecule has 0 spiro atoms. The zero-order chi connectivity index (χ0) is 25.7. The van der Waals surface area contributed by atoms with Gasteiger partial charge in [0.2, 0.25) is 0 Å². The van der Waals surface area contributed by atoms with Crippen molar-refractivity contribution in [3.8, 4) is 0 Å². The molecule has 4 rings (SSSR count). The van der Waals surface area contributed by atoms with Crippen LogP contribution in [-0.4, -0.2) is 36.3 Å². The number of carbonyl (C=O) groups excluding carboxylic acids is 1. The fourth-order valence-corrected chi connectivity index (χ4v) is 4.80. The summed E-state index contributed by atoms with van der Waals surface area (Å²) in [7, 11) is 0. The second-order valence-electron chi connectivity index (χ2n) is 8.13. The highest BCUT2D eigenvalue weighted by Crippen LogP contribution is 2.32. The van der Waals surface area contributed by atoms with Crippen LogP contribution >= 0.6 is 11.8 Å². The van der Waals surface area contributed by atoms with Gasteiger partial charge in [-0.3, -0.25) is 4.79 Å². The molecule has 0 atom stereocenters. The van der Waals surface area contributed by atoms with Crippen LogP contribution in [0.1, 0.15) is 28.4 Å². The van der Waals surface area contributed by atoms with E-state index in [0.717, 1.165) is 12.1 Å². The van der Waals surface area contributed by atoms with E-state index in [1.807, 2.05) is 0 Å². The van der Waals surface area contributed by atoms with Crippen LogP contribution in [0.25, 0.3) is 6.08 Å². The first-order valence-corrected chi connectivity index (χ1v) is 12.1. The summed E-state index contributed by atoms with van der Waals surface area (Å²) in [5.41, 5.74) is 0.872. The molecule has 1 amide bonds. The Morgan fingerprint density at radius 3 is 2.14 bits per heavy atom. The topological polar surface area (TPSA) is 29.5 Å². The molecule has 0 aliphatic carbocycles. The van der Waals surface area contributed by atoms with Crippen molar-refractivity contribution >= 4 is 23.7 Å². The summed E-state index contributed by atoms with van der Waals surface area (Å²) < 4.78 is 72.0. The maximum absolute atomic E-state index is 13.4. The number of halogens is 5. The average Bonchev–Trinajstić information content (AvgIpc) is 2.85. The standard InChI is InChI=1S/C27H22F5NO2S/c28-22-8-4-19(5-9-22)25(20-6-10-23(29)11-7-20)35-14-12-33-13-15-36-24(26(33)34)17-18-2-1-3-21(16-18)27(30,31)32/h1-11,16-17,25H,12-15H2. The highest BCUT2D eigenvalue weighted by atomic mass is 32.2. The number of hydrogen-bond donors (Lipinski definition) is 0. The zero-order valence-electron chi connectivity index (χ0n) is 19.0. The monoisotopic (exact) mass is 519 g/mol. The molecule has 188 valence electrons. The van der Waals surface area contributed by atoms with E-state index < -0.39 is 29.5 Å².